The zero-order valence-electron chi connectivity index (χ0n) is 24.5. The number of para-hydroxylation sites is 1. The zero-order chi connectivity index (χ0) is 28.3. The molecule has 0 saturated heterocycles. The SMILES string of the molecule is C[N+](CCN)(CCN)CCC[C@H](N)C(=O)N[C@H](CCc1ccccc1)C(=O)Cc1cc2ccccc2[nH]c1=O.Cl.Cl.Cl.Cl. The number of quaternary nitrogens is 1. The van der Waals surface area contributed by atoms with Crippen LogP contribution in [0.4, 0.5) is 0 Å². The Hall–Kier alpha value is -2.21. The van der Waals surface area contributed by atoms with E-state index in [1.165, 1.54) is 0 Å². The summed E-state index contributed by atoms with van der Waals surface area (Å²) in [5.41, 5.74) is 19.6. The first-order valence-electron chi connectivity index (χ1n) is 13.7. The number of nitrogens with two attached hydrogens (primary N) is 3. The van der Waals surface area contributed by atoms with Crippen molar-refractivity contribution in [2.45, 2.75) is 44.2 Å². The van der Waals surface area contributed by atoms with E-state index in [0.717, 1.165) is 41.5 Å². The van der Waals surface area contributed by atoms with Gasteiger partial charge in [0.05, 0.1) is 38.8 Å². The molecule has 1 aromatic heterocycles. The molecule has 1 heterocycles. The van der Waals surface area contributed by atoms with Gasteiger partial charge in [0, 0.05) is 30.6 Å². The second-order valence-electron chi connectivity index (χ2n) is 10.6. The van der Waals surface area contributed by atoms with E-state index in [1.54, 1.807) is 6.07 Å². The van der Waals surface area contributed by atoms with Crippen LogP contribution in [0.5, 0.6) is 0 Å². The van der Waals surface area contributed by atoms with Crippen molar-refractivity contribution in [2.75, 3.05) is 39.8 Å². The topological polar surface area (TPSA) is 157 Å². The number of ketones is 1. The Bertz CT molecular complexity index is 1290. The highest BCUT2D eigenvalue weighted by molar-refractivity contribution is 5.92. The van der Waals surface area contributed by atoms with Crippen molar-refractivity contribution in [1.29, 1.82) is 0 Å². The van der Waals surface area contributed by atoms with Gasteiger partial charge in [0.2, 0.25) is 5.91 Å². The number of aryl methyl sites for hydroxylation is 1. The van der Waals surface area contributed by atoms with Crippen LogP contribution in [0.25, 0.3) is 10.9 Å². The Morgan fingerprint density at radius 1 is 0.884 bits per heavy atom. The van der Waals surface area contributed by atoms with Crippen molar-refractivity contribution in [3.05, 3.63) is 82.1 Å². The summed E-state index contributed by atoms with van der Waals surface area (Å²) in [5.74, 6) is -0.580. The molecule has 3 rings (SSSR count). The summed E-state index contributed by atoms with van der Waals surface area (Å²) in [4.78, 5) is 42.0. The number of pyridine rings is 1. The largest absolute Gasteiger partial charge is 0.345 e. The molecule has 242 valence electrons. The fourth-order valence-electron chi connectivity index (χ4n) is 4.97. The van der Waals surface area contributed by atoms with Crippen molar-refractivity contribution in [1.82, 2.24) is 10.3 Å². The minimum absolute atomic E-state index is 0. The monoisotopic (exact) mass is 679 g/mol. The maximum Gasteiger partial charge on any atom is 0.252 e. The highest BCUT2D eigenvalue weighted by Crippen LogP contribution is 2.13. The Morgan fingerprint density at radius 2 is 1.49 bits per heavy atom. The molecule has 8 N–H and O–H groups in total. The van der Waals surface area contributed by atoms with Crippen LogP contribution in [0.15, 0.2) is 65.5 Å². The number of hydrogen-bond donors (Lipinski definition) is 5. The van der Waals surface area contributed by atoms with Crippen molar-refractivity contribution >= 4 is 72.2 Å². The summed E-state index contributed by atoms with van der Waals surface area (Å²) in [6.45, 7) is 3.56. The molecule has 2 aromatic carbocycles. The lowest BCUT2D eigenvalue weighted by molar-refractivity contribution is -0.907. The van der Waals surface area contributed by atoms with Crippen molar-refractivity contribution in [3.8, 4) is 0 Å². The summed E-state index contributed by atoms with van der Waals surface area (Å²) in [7, 11) is 2.11. The number of aromatic amines is 1. The number of carbonyl (C=O) groups is 2. The molecule has 0 spiro atoms. The molecule has 0 fully saturated rings. The predicted molar refractivity (Wildman–Crippen MR) is 185 cm³/mol. The van der Waals surface area contributed by atoms with Gasteiger partial charge in [-0.1, -0.05) is 48.5 Å². The van der Waals surface area contributed by atoms with Gasteiger partial charge in [-0.2, -0.15) is 0 Å². The molecule has 0 aliphatic heterocycles. The second kappa shape index (κ2) is 21.5. The van der Waals surface area contributed by atoms with Gasteiger partial charge < -0.3 is 32.0 Å². The molecule has 3 aromatic rings. The molecule has 0 saturated carbocycles. The fraction of sp³-hybridized carbons (Fsp3) is 0.433. The second-order valence-corrected chi connectivity index (χ2v) is 10.6. The molecular formula is C30H47Cl4N6O3+. The minimum atomic E-state index is -0.759. The number of hydrogen-bond acceptors (Lipinski definition) is 6. The van der Waals surface area contributed by atoms with Crippen molar-refractivity contribution < 1.29 is 14.1 Å². The number of rotatable bonds is 16. The van der Waals surface area contributed by atoms with Crippen LogP contribution >= 0.6 is 49.6 Å². The third kappa shape index (κ3) is 13.5. The van der Waals surface area contributed by atoms with Gasteiger partial charge in [0.1, 0.15) is 0 Å². The number of amides is 1. The molecule has 2 atom stereocenters. The molecule has 43 heavy (non-hydrogen) atoms. The fourth-order valence-corrected chi connectivity index (χ4v) is 4.97. The minimum Gasteiger partial charge on any atom is -0.345 e. The number of benzene rings is 2. The summed E-state index contributed by atoms with van der Waals surface area (Å²) in [5, 5.41) is 3.74. The van der Waals surface area contributed by atoms with E-state index >= 15 is 0 Å². The van der Waals surface area contributed by atoms with E-state index in [1.807, 2.05) is 54.6 Å². The number of likely N-dealkylation sites (N-methyl/N-ethyl adjacent to an activating group) is 1. The van der Waals surface area contributed by atoms with Crippen molar-refractivity contribution in [2.24, 2.45) is 17.2 Å². The number of Topliss-reactive ketones (excluding diaryl/α,β-unsaturated/α-hetero) is 1. The summed E-state index contributed by atoms with van der Waals surface area (Å²) < 4.78 is 0.736. The number of halogens is 4. The Balaban J connectivity index is 0. The lowest BCUT2D eigenvalue weighted by Gasteiger charge is -2.34. The molecular weight excluding hydrogens is 634 g/mol. The van der Waals surface area contributed by atoms with Gasteiger partial charge in [-0.05, 0) is 48.8 Å². The lowest BCUT2D eigenvalue weighted by atomic mass is 9.97. The number of fused-ring (bicyclic) bond motifs is 1. The molecule has 0 aliphatic carbocycles. The molecule has 1 amide bonds. The van der Waals surface area contributed by atoms with Crippen LogP contribution < -0.4 is 28.1 Å². The highest BCUT2D eigenvalue weighted by Gasteiger charge is 2.26. The first kappa shape index (κ1) is 42.9. The van der Waals surface area contributed by atoms with E-state index in [-0.39, 0.29) is 73.3 Å². The number of H-pyrrole nitrogens is 1. The van der Waals surface area contributed by atoms with Gasteiger partial charge in [0.15, 0.2) is 5.78 Å². The Labute approximate surface area is 279 Å². The van der Waals surface area contributed by atoms with Crippen molar-refractivity contribution in [3.63, 3.8) is 0 Å². The quantitative estimate of drug-likeness (QED) is 0.147. The number of aromatic nitrogens is 1. The van der Waals surface area contributed by atoms with Crippen LogP contribution in [-0.4, -0.2) is 73.0 Å². The van der Waals surface area contributed by atoms with Gasteiger partial charge in [-0.3, -0.25) is 14.4 Å². The van der Waals surface area contributed by atoms with Gasteiger partial charge in [-0.25, -0.2) is 0 Å². The van der Waals surface area contributed by atoms with E-state index in [2.05, 4.69) is 17.3 Å². The van der Waals surface area contributed by atoms with Crippen LogP contribution in [0.2, 0.25) is 0 Å². The van der Waals surface area contributed by atoms with Crippen LogP contribution in [0.3, 0.4) is 0 Å². The van der Waals surface area contributed by atoms with Gasteiger partial charge in [0.25, 0.3) is 5.56 Å². The van der Waals surface area contributed by atoms with Crippen LogP contribution in [-0.2, 0) is 22.4 Å². The Morgan fingerprint density at radius 3 is 2.12 bits per heavy atom. The van der Waals surface area contributed by atoms with Gasteiger partial charge in [-0.15, -0.1) is 49.6 Å². The maximum absolute atomic E-state index is 13.4. The molecule has 9 nitrogen and oxygen atoms in total. The predicted octanol–water partition coefficient (Wildman–Crippen LogP) is 2.92. The summed E-state index contributed by atoms with van der Waals surface area (Å²) >= 11 is 0. The number of nitrogens with one attached hydrogen (secondary N) is 2. The van der Waals surface area contributed by atoms with Gasteiger partial charge >= 0.3 is 0 Å². The molecule has 0 aliphatic rings. The van der Waals surface area contributed by atoms with E-state index < -0.39 is 12.1 Å². The number of carbonyl (C=O) groups excluding carboxylic acids is 2. The normalized spacial score (nSPS) is 12.0. The average Bonchev–Trinajstić information content (AvgIpc) is 2.92. The first-order chi connectivity index (χ1) is 18.7. The zero-order valence-corrected chi connectivity index (χ0v) is 27.8. The number of nitrogens with zero attached hydrogens (tertiary/aromatic N) is 1. The van der Waals surface area contributed by atoms with E-state index in [4.69, 9.17) is 17.2 Å². The Kier molecular flexibility index (Phi) is 21.4. The third-order valence-corrected chi connectivity index (χ3v) is 7.35. The maximum atomic E-state index is 13.4. The van der Waals surface area contributed by atoms with Crippen LogP contribution in [0.1, 0.15) is 30.4 Å². The lowest BCUT2D eigenvalue weighted by Crippen LogP contribution is -2.52. The van der Waals surface area contributed by atoms with E-state index in [0.29, 0.717) is 43.4 Å². The first-order valence-corrected chi connectivity index (χ1v) is 13.7. The average molecular weight is 682 g/mol. The van der Waals surface area contributed by atoms with Crippen LogP contribution in [0, 0.1) is 0 Å². The standard InChI is InChI=1S/C30H42N6O3.4ClH/c1-36(18-15-31,19-16-32)17-7-11-25(33)30(39)35-27(14-13-22-8-3-2-4-9-22)28(37)21-24-20-23-10-5-6-12-26(23)34-29(24)38;;;;/h2-6,8-10,12,20,25,27H,7,11,13-19,21,31-33H2,1H3,(H-,34,35,38,39);4*1H/p+1/t25-,27+;;;;/m0..../s1. The smallest absolute Gasteiger partial charge is 0.252 e. The summed E-state index contributed by atoms with van der Waals surface area (Å²) in [6, 6.07) is 17.5. The highest BCUT2D eigenvalue weighted by atomic mass is 35.5. The molecule has 0 bridgehead atoms. The molecule has 13 heteroatoms. The molecule has 0 unspecified atom stereocenters. The summed E-state index contributed by atoms with van der Waals surface area (Å²) in [6.07, 6.45) is 2.16. The molecule has 0 radical (unpaired) electrons. The third-order valence-electron chi connectivity index (χ3n) is 7.35. The van der Waals surface area contributed by atoms with E-state index in [9.17, 15) is 14.4 Å².